The highest BCUT2D eigenvalue weighted by Crippen LogP contribution is 2.20. The van der Waals surface area contributed by atoms with E-state index in [2.05, 4.69) is 13.8 Å². The monoisotopic (exact) mass is 207 g/mol. The number of hydrogen-bond donors (Lipinski definition) is 1. The van der Waals surface area contributed by atoms with Crippen molar-refractivity contribution in [3.05, 3.63) is 30.3 Å². The molecular weight excluding hydrogens is 186 g/mol. The summed E-state index contributed by atoms with van der Waals surface area (Å²) in [6.07, 6.45) is 2.16. The van der Waals surface area contributed by atoms with Gasteiger partial charge in [0.05, 0.1) is 6.61 Å². The minimum atomic E-state index is 0.236. The van der Waals surface area contributed by atoms with E-state index in [0.717, 1.165) is 31.7 Å². The van der Waals surface area contributed by atoms with Crippen LogP contribution in [0, 0.1) is 5.41 Å². The van der Waals surface area contributed by atoms with E-state index in [0.29, 0.717) is 0 Å². The fourth-order valence-electron chi connectivity index (χ4n) is 1.36. The highest BCUT2D eigenvalue weighted by atomic mass is 16.5. The molecule has 2 N–H and O–H groups in total. The molecular formula is C13H21NO. The zero-order chi connectivity index (χ0) is 11.1. The molecule has 1 aromatic carbocycles. The Morgan fingerprint density at radius 1 is 1.20 bits per heavy atom. The van der Waals surface area contributed by atoms with Crippen LogP contribution in [0.2, 0.25) is 0 Å². The quantitative estimate of drug-likeness (QED) is 0.728. The molecule has 0 fully saturated rings. The van der Waals surface area contributed by atoms with E-state index in [1.165, 1.54) is 0 Å². The van der Waals surface area contributed by atoms with Gasteiger partial charge in [-0.1, -0.05) is 32.0 Å². The zero-order valence-corrected chi connectivity index (χ0v) is 9.70. The molecule has 84 valence electrons. The molecule has 2 nitrogen and oxygen atoms in total. The Bertz CT molecular complexity index is 269. The second-order valence-electron chi connectivity index (χ2n) is 4.63. The van der Waals surface area contributed by atoms with Crippen molar-refractivity contribution in [2.24, 2.45) is 11.1 Å². The molecule has 0 saturated carbocycles. The first-order valence-corrected chi connectivity index (χ1v) is 5.52. The molecule has 0 aromatic heterocycles. The molecule has 0 unspecified atom stereocenters. The number of benzene rings is 1. The highest BCUT2D eigenvalue weighted by molar-refractivity contribution is 5.20. The SMILES string of the molecule is CC(C)(CN)CCCOc1ccccc1. The van der Waals surface area contributed by atoms with Gasteiger partial charge in [-0.05, 0) is 36.9 Å². The molecule has 15 heavy (non-hydrogen) atoms. The minimum Gasteiger partial charge on any atom is -0.494 e. The van der Waals surface area contributed by atoms with Crippen molar-refractivity contribution in [1.82, 2.24) is 0 Å². The van der Waals surface area contributed by atoms with Crippen LogP contribution < -0.4 is 10.5 Å². The van der Waals surface area contributed by atoms with Crippen molar-refractivity contribution in [1.29, 1.82) is 0 Å². The van der Waals surface area contributed by atoms with Crippen molar-refractivity contribution < 1.29 is 4.74 Å². The summed E-state index contributed by atoms with van der Waals surface area (Å²) in [5, 5.41) is 0. The van der Waals surface area contributed by atoms with E-state index in [9.17, 15) is 0 Å². The smallest absolute Gasteiger partial charge is 0.119 e. The predicted molar refractivity (Wildman–Crippen MR) is 64.0 cm³/mol. The summed E-state index contributed by atoms with van der Waals surface area (Å²) in [5.74, 6) is 0.947. The third-order valence-electron chi connectivity index (χ3n) is 2.56. The molecule has 0 radical (unpaired) electrons. The van der Waals surface area contributed by atoms with E-state index in [4.69, 9.17) is 10.5 Å². The van der Waals surface area contributed by atoms with Gasteiger partial charge in [0, 0.05) is 0 Å². The van der Waals surface area contributed by atoms with Crippen LogP contribution in [0.15, 0.2) is 30.3 Å². The lowest BCUT2D eigenvalue weighted by Crippen LogP contribution is -2.23. The van der Waals surface area contributed by atoms with Gasteiger partial charge in [-0.25, -0.2) is 0 Å². The molecule has 0 atom stereocenters. The first-order chi connectivity index (χ1) is 7.14. The lowest BCUT2D eigenvalue weighted by Gasteiger charge is -2.21. The average molecular weight is 207 g/mol. The fraction of sp³-hybridized carbons (Fsp3) is 0.538. The van der Waals surface area contributed by atoms with Crippen LogP contribution in [0.25, 0.3) is 0 Å². The van der Waals surface area contributed by atoms with Crippen LogP contribution >= 0.6 is 0 Å². The van der Waals surface area contributed by atoms with Gasteiger partial charge in [0.1, 0.15) is 5.75 Å². The van der Waals surface area contributed by atoms with E-state index in [1.807, 2.05) is 30.3 Å². The average Bonchev–Trinajstić information content (AvgIpc) is 2.26. The standard InChI is InChI=1S/C13H21NO/c1-13(2,11-14)9-6-10-15-12-7-4-3-5-8-12/h3-5,7-8H,6,9-11,14H2,1-2H3. The molecule has 0 amide bonds. The topological polar surface area (TPSA) is 35.2 Å². The van der Waals surface area contributed by atoms with Gasteiger partial charge in [-0.3, -0.25) is 0 Å². The van der Waals surface area contributed by atoms with Crippen LogP contribution in [0.4, 0.5) is 0 Å². The van der Waals surface area contributed by atoms with Gasteiger partial charge >= 0.3 is 0 Å². The number of ether oxygens (including phenoxy) is 1. The van der Waals surface area contributed by atoms with E-state index in [-0.39, 0.29) is 5.41 Å². The summed E-state index contributed by atoms with van der Waals surface area (Å²) in [7, 11) is 0. The summed E-state index contributed by atoms with van der Waals surface area (Å²) in [6.45, 7) is 5.89. The van der Waals surface area contributed by atoms with Crippen LogP contribution in [-0.2, 0) is 0 Å². The van der Waals surface area contributed by atoms with Crippen molar-refractivity contribution in [2.45, 2.75) is 26.7 Å². The lowest BCUT2D eigenvalue weighted by molar-refractivity contribution is 0.261. The largest absolute Gasteiger partial charge is 0.494 e. The molecule has 0 aliphatic carbocycles. The third-order valence-corrected chi connectivity index (χ3v) is 2.56. The van der Waals surface area contributed by atoms with Crippen LogP contribution in [-0.4, -0.2) is 13.2 Å². The van der Waals surface area contributed by atoms with Crippen LogP contribution in [0.5, 0.6) is 5.75 Å². The first-order valence-electron chi connectivity index (χ1n) is 5.52. The normalized spacial score (nSPS) is 11.4. The zero-order valence-electron chi connectivity index (χ0n) is 9.70. The Hall–Kier alpha value is -1.02. The fourth-order valence-corrected chi connectivity index (χ4v) is 1.36. The van der Waals surface area contributed by atoms with Crippen molar-refractivity contribution in [3.63, 3.8) is 0 Å². The van der Waals surface area contributed by atoms with E-state index >= 15 is 0 Å². The van der Waals surface area contributed by atoms with Gasteiger partial charge in [-0.2, -0.15) is 0 Å². The Balaban J connectivity index is 2.18. The molecule has 0 heterocycles. The van der Waals surface area contributed by atoms with Crippen LogP contribution in [0.1, 0.15) is 26.7 Å². The van der Waals surface area contributed by atoms with E-state index < -0.39 is 0 Å². The predicted octanol–water partition coefficient (Wildman–Crippen LogP) is 2.83. The van der Waals surface area contributed by atoms with Gasteiger partial charge in [0.2, 0.25) is 0 Å². The highest BCUT2D eigenvalue weighted by Gasteiger charge is 2.14. The van der Waals surface area contributed by atoms with Crippen molar-refractivity contribution in [3.8, 4) is 5.75 Å². The number of hydrogen-bond acceptors (Lipinski definition) is 2. The van der Waals surface area contributed by atoms with Gasteiger partial charge in [0.25, 0.3) is 0 Å². The Labute approximate surface area is 92.4 Å². The Kier molecular flexibility index (Phi) is 4.63. The molecule has 0 spiro atoms. The summed E-state index contributed by atoms with van der Waals surface area (Å²) < 4.78 is 5.61. The summed E-state index contributed by atoms with van der Waals surface area (Å²) in [6, 6.07) is 9.92. The van der Waals surface area contributed by atoms with Gasteiger partial charge in [0.15, 0.2) is 0 Å². The molecule has 1 aromatic rings. The molecule has 1 rings (SSSR count). The second kappa shape index (κ2) is 5.76. The summed E-state index contributed by atoms with van der Waals surface area (Å²) >= 11 is 0. The van der Waals surface area contributed by atoms with Gasteiger partial charge in [-0.15, -0.1) is 0 Å². The number of rotatable bonds is 6. The Morgan fingerprint density at radius 2 is 1.87 bits per heavy atom. The maximum atomic E-state index is 5.66. The number of nitrogens with two attached hydrogens (primary N) is 1. The second-order valence-corrected chi connectivity index (χ2v) is 4.63. The van der Waals surface area contributed by atoms with E-state index in [1.54, 1.807) is 0 Å². The number of para-hydroxylation sites is 1. The Morgan fingerprint density at radius 3 is 2.47 bits per heavy atom. The maximum absolute atomic E-state index is 5.66. The lowest BCUT2D eigenvalue weighted by atomic mass is 9.88. The van der Waals surface area contributed by atoms with Crippen molar-refractivity contribution >= 4 is 0 Å². The van der Waals surface area contributed by atoms with Crippen LogP contribution in [0.3, 0.4) is 0 Å². The third kappa shape index (κ3) is 4.84. The van der Waals surface area contributed by atoms with Crippen molar-refractivity contribution in [2.75, 3.05) is 13.2 Å². The summed E-state index contributed by atoms with van der Waals surface area (Å²) in [5.41, 5.74) is 5.89. The van der Waals surface area contributed by atoms with Gasteiger partial charge < -0.3 is 10.5 Å². The molecule has 0 aliphatic rings. The molecule has 0 bridgehead atoms. The molecule has 0 aliphatic heterocycles. The molecule has 0 saturated heterocycles. The molecule has 2 heteroatoms. The maximum Gasteiger partial charge on any atom is 0.119 e. The summed E-state index contributed by atoms with van der Waals surface area (Å²) in [4.78, 5) is 0. The first kappa shape index (κ1) is 12.1. The minimum absolute atomic E-state index is 0.236.